The van der Waals surface area contributed by atoms with Crippen molar-refractivity contribution >= 4 is 5.91 Å². The summed E-state index contributed by atoms with van der Waals surface area (Å²) in [5.74, 6) is 0.203. The van der Waals surface area contributed by atoms with Gasteiger partial charge in [-0.25, -0.2) is 4.39 Å². The van der Waals surface area contributed by atoms with Gasteiger partial charge in [-0.1, -0.05) is 17.3 Å². The van der Waals surface area contributed by atoms with Crippen molar-refractivity contribution in [1.29, 1.82) is 0 Å². The summed E-state index contributed by atoms with van der Waals surface area (Å²) in [7, 11) is 0. The summed E-state index contributed by atoms with van der Waals surface area (Å²) in [6.07, 6.45) is 2.08. The van der Waals surface area contributed by atoms with Crippen LogP contribution in [-0.2, 0) is 11.2 Å². The summed E-state index contributed by atoms with van der Waals surface area (Å²) in [6, 6.07) is 7.76. The van der Waals surface area contributed by atoms with Crippen molar-refractivity contribution in [3.8, 4) is 11.3 Å². The molecule has 8 heteroatoms. The molecule has 2 atom stereocenters. The molecule has 27 heavy (non-hydrogen) atoms. The smallest absolute Gasteiger partial charge is 0.255 e. The number of nitrogens with one attached hydrogen (secondary N) is 2. The van der Waals surface area contributed by atoms with Crippen LogP contribution in [0.5, 0.6) is 0 Å². The number of amides is 1. The quantitative estimate of drug-likeness (QED) is 0.720. The molecule has 0 aliphatic carbocycles. The van der Waals surface area contributed by atoms with Gasteiger partial charge in [-0.3, -0.25) is 9.89 Å². The number of halogens is 1. The van der Waals surface area contributed by atoms with E-state index in [9.17, 15) is 9.18 Å². The number of benzene rings is 1. The second-order valence-electron chi connectivity index (χ2n) is 6.69. The van der Waals surface area contributed by atoms with E-state index in [0.717, 1.165) is 11.5 Å². The third kappa shape index (κ3) is 3.75. The van der Waals surface area contributed by atoms with Gasteiger partial charge in [0.05, 0.1) is 42.4 Å². The monoisotopic (exact) mass is 370 g/mol. The van der Waals surface area contributed by atoms with Crippen LogP contribution >= 0.6 is 0 Å². The molecule has 4 rings (SSSR count). The van der Waals surface area contributed by atoms with E-state index in [1.807, 2.05) is 13.0 Å². The van der Waals surface area contributed by atoms with Gasteiger partial charge in [0.1, 0.15) is 11.6 Å². The SMILES string of the molecule is Cc1cc(C[C@@H]2COC[C@@H]2NC(=O)c2cn[nH]c2-c2cccc(F)c2)on1. The Labute approximate surface area is 154 Å². The maximum absolute atomic E-state index is 13.5. The van der Waals surface area contributed by atoms with Crippen molar-refractivity contribution in [2.24, 2.45) is 5.92 Å². The Morgan fingerprint density at radius 3 is 3.04 bits per heavy atom. The Bertz CT molecular complexity index is 952. The van der Waals surface area contributed by atoms with Crippen LogP contribution in [0.2, 0.25) is 0 Å². The zero-order valence-electron chi connectivity index (χ0n) is 14.7. The highest BCUT2D eigenvalue weighted by Crippen LogP contribution is 2.24. The second-order valence-corrected chi connectivity index (χ2v) is 6.69. The van der Waals surface area contributed by atoms with Crippen LogP contribution < -0.4 is 5.32 Å². The Kier molecular flexibility index (Phi) is 4.72. The Morgan fingerprint density at radius 2 is 2.26 bits per heavy atom. The molecule has 3 aromatic rings. The topological polar surface area (TPSA) is 93.0 Å². The molecule has 0 saturated carbocycles. The average molecular weight is 370 g/mol. The van der Waals surface area contributed by atoms with Gasteiger partial charge >= 0.3 is 0 Å². The van der Waals surface area contributed by atoms with Gasteiger partial charge in [0.2, 0.25) is 0 Å². The van der Waals surface area contributed by atoms with Crippen LogP contribution in [-0.4, -0.2) is 40.5 Å². The van der Waals surface area contributed by atoms with Crippen LogP contribution in [0.25, 0.3) is 11.3 Å². The molecule has 1 fully saturated rings. The first kappa shape index (κ1) is 17.4. The molecule has 140 valence electrons. The summed E-state index contributed by atoms with van der Waals surface area (Å²) in [5, 5.41) is 13.6. The number of nitrogens with zero attached hydrogens (tertiary/aromatic N) is 2. The van der Waals surface area contributed by atoms with Crippen molar-refractivity contribution in [2.45, 2.75) is 19.4 Å². The molecule has 0 radical (unpaired) electrons. The molecule has 7 nitrogen and oxygen atoms in total. The molecule has 2 aromatic heterocycles. The summed E-state index contributed by atoms with van der Waals surface area (Å²) in [4.78, 5) is 12.8. The van der Waals surface area contributed by atoms with Crippen molar-refractivity contribution in [1.82, 2.24) is 20.7 Å². The number of aromatic nitrogens is 3. The van der Waals surface area contributed by atoms with E-state index in [-0.39, 0.29) is 23.7 Å². The van der Waals surface area contributed by atoms with Gasteiger partial charge in [-0.2, -0.15) is 5.10 Å². The molecule has 1 saturated heterocycles. The van der Waals surface area contributed by atoms with Gasteiger partial charge in [0, 0.05) is 24.0 Å². The maximum atomic E-state index is 13.5. The fourth-order valence-electron chi connectivity index (χ4n) is 3.30. The minimum Gasteiger partial charge on any atom is -0.379 e. The highest BCUT2D eigenvalue weighted by molar-refractivity contribution is 5.99. The lowest BCUT2D eigenvalue weighted by Gasteiger charge is -2.18. The van der Waals surface area contributed by atoms with E-state index in [2.05, 4.69) is 20.7 Å². The van der Waals surface area contributed by atoms with E-state index in [0.29, 0.717) is 36.5 Å². The van der Waals surface area contributed by atoms with Crippen LogP contribution in [0.1, 0.15) is 21.8 Å². The average Bonchev–Trinajstić information content (AvgIpc) is 3.37. The third-order valence-electron chi connectivity index (χ3n) is 4.65. The fraction of sp³-hybridized carbons (Fsp3) is 0.316. The molecule has 3 heterocycles. The predicted molar refractivity (Wildman–Crippen MR) is 94.5 cm³/mol. The number of aromatic amines is 1. The van der Waals surface area contributed by atoms with Crippen LogP contribution in [0.15, 0.2) is 41.1 Å². The van der Waals surface area contributed by atoms with E-state index < -0.39 is 0 Å². The van der Waals surface area contributed by atoms with Crippen LogP contribution in [0, 0.1) is 18.7 Å². The number of carbonyl (C=O) groups excluding carboxylic acids is 1. The summed E-state index contributed by atoms with van der Waals surface area (Å²) < 4.78 is 24.3. The zero-order chi connectivity index (χ0) is 18.8. The first-order valence-corrected chi connectivity index (χ1v) is 8.70. The molecule has 0 unspecified atom stereocenters. The summed E-state index contributed by atoms with van der Waals surface area (Å²) >= 11 is 0. The van der Waals surface area contributed by atoms with Crippen LogP contribution in [0.3, 0.4) is 0 Å². The third-order valence-corrected chi connectivity index (χ3v) is 4.65. The second kappa shape index (κ2) is 7.32. The van der Waals surface area contributed by atoms with Gasteiger partial charge in [-0.05, 0) is 19.1 Å². The van der Waals surface area contributed by atoms with E-state index >= 15 is 0 Å². The van der Waals surface area contributed by atoms with Gasteiger partial charge in [0.15, 0.2) is 0 Å². The number of ether oxygens (including phenoxy) is 1. The standard InChI is InChI=1S/C19H19FN4O3/c1-11-5-15(27-24-11)7-13-9-26-10-17(13)22-19(25)16-8-21-23-18(16)12-3-2-4-14(20)6-12/h2-6,8,13,17H,7,9-10H2,1H3,(H,21,23)(H,22,25)/t13-,17+/m1/s1. The number of hydrogen-bond donors (Lipinski definition) is 2. The lowest BCUT2D eigenvalue weighted by Crippen LogP contribution is -2.40. The first-order valence-electron chi connectivity index (χ1n) is 8.70. The lowest BCUT2D eigenvalue weighted by atomic mass is 9.97. The predicted octanol–water partition coefficient (Wildman–Crippen LogP) is 2.50. The van der Waals surface area contributed by atoms with Gasteiger partial charge < -0.3 is 14.6 Å². The molecular formula is C19H19FN4O3. The Balaban J connectivity index is 1.48. The maximum Gasteiger partial charge on any atom is 0.255 e. The highest BCUT2D eigenvalue weighted by Gasteiger charge is 2.31. The number of rotatable bonds is 5. The van der Waals surface area contributed by atoms with E-state index in [1.54, 1.807) is 12.1 Å². The molecule has 1 aromatic carbocycles. The van der Waals surface area contributed by atoms with Crippen molar-refractivity contribution in [3.63, 3.8) is 0 Å². The van der Waals surface area contributed by atoms with Gasteiger partial charge in [0.25, 0.3) is 5.91 Å². The minimum atomic E-state index is -0.375. The summed E-state index contributed by atoms with van der Waals surface area (Å²) in [5.41, 5.74) is 2.23. The van der Waals surface area contributed by atoms with Crippen molar-refractivity contribution in [2.75, 3.05) is 13.2 Å². The number of H-pyrrole nitrogens is 1. The Morgan fingerprint density at radius 1 is 1.37 bits per heavy atom. The molecule has 0 spiro atoms. The normalized spacial score (nSPS) is 19.3. The molecule has 0 bridgehead atoms. The van der Waals surface area contributed by atoms with E-state index in [1.165, 1.54) is 18.3 Å². The number of carbonyl (C=O) groups is 1. The highest BCUT2D eigenvalue weighted by atomic mass is 19.1. The summed E-state index contributed by atoms with van der Waals surface area (Å²) in [6.45, 7) is 2.83. The lowest BCUT2D eigenvalue weighted by molar-refractivity contribution is 0.0925. The molecular weight excluding hydrogens is 351 g/mol. The first-order chi connectivity index (χ1) is 13.1. The fourth-order valence-corrected chi connectivity index (χ4v) is 3.30. The molecule has 1 aliphatic rings. The van der Waals surface area contributed by atoms with Crippen molar-refractivity contribution < 1.29 is 18.4 Å². The molecule has 1 amide bonds. The largest absolute Gasteiger partial charge is 0.379 e. The van der Waals surface area contributed by atoms with E-state index in [4.69, 9.17) is 9.26 Å². The van der Waals surface area contributed by atoms with Crippen LogP contribution in [0.4, 0.5) is 4.39 Å². The van der Waals surface area contributed by atoms with Gasteiger partial charge in [-0.15, -0.1) is 0 Å². The minimum absolute atomic E-state index is 0.0887. The Hall–Kier alpha value is -3.00. The molecule has 1 aliphatic heterocycles. The van der Waals surface area contributed by atoms with Crippen molar-refractivity contribution in [3.05, 3.63) is 59.4 Å². The number of aryl methyl sites for hydroxylation is 1. The number of hydrogen-bond acceptors (Lipinski definition) is 5. The molecule has 2 N–H and O–H groups in total. The zero-order valence-corrected chi connectivity index (χ0v) is 14.7.